The zero-order valence-corrected chi connectivity index (χ0v) is 10.3. The maximum atomic E-state index is 6.10. The summed E-state index contributed by atoms with van der Waals surface area (Å²) in [6.45, 7) is 10.4. The Kier molecular flexibility index (Phi) is 3.45. The number of nitrogens with two attached hydrogens (primary N) is 1. The van der Waals surface area contributed by atoms with Crippen LogP contribution in [-0.2, 0) is 6.42 Å². The molecule has 0 aliphatic rings. The van der Waals surface area contributed by atoms with Crippen LogP contribution in [0.1, 0.15) is 38.0 Å². The van der Waals surface area contributed by atoms with Crippen LogP contribution >= 0.6 is 0 Å². The Morgan fingerprint density at radius 1 is 1.20 bits per heavy atom. The second-order valence-electron chi connectivity index (χ2n) is 5.24. The van der Waals surface area contributed by atoms with Crippen molar-refractivity contribution in [2.45, 2.75) is 47.1 Å². The number of aryl methyl sites for hydroxylation is 2. The van der Waals surface area contributed by atoms with Crippen molar-refractivity contribution in [3.8, 4) is 0 Å². The second kappa shape index (κ2) is 4.27. The molecular weight excluding hydrogens is 186 g/mol. The Labute approximate surface area is 92.1 Å². The van der Waals surface area contributed by atoms with E-state index in [1.165, 1.54) is 0 Å². The molecule has 1 atom stereocenters. The molecule has 3 heteroatoms. The fraction of sp³-hybridized carbons (Fsp3) is 0.667. The maximum Gasteiger partial charge on any atom is 0.130 e. The summed E-state index contributed by atoms with van der Waals surface area (Å²) in [7, 11) is 0. The standard InChI is InChI=1S/C12H21N3/c1-8-6-9(2)15-11(14-8)7-10(13)12(3,4)5/h6,10H,7,13H2,1-5H3. The van der Waals surface area contributed by atoms with Gasteiger partial charge in [-0.2, -0.15) is 0 Å². The molecule has 0 radical (unpaired) electrons. The molecule has 0 aliphatic carbocycles. The molecule has 0 bridgehead atoms. The average molecular weight is 207 g/mol. The molecule has 2 N–H and O–H groups in total. The van der Waals surface area contributed by atoms with E-state index >= 15 is 0 Å². The van der Waals surface area contributed by atoms with Crippen LogP contribution in [0.5, 0.6) is 0 Å². The molecule has 0 saturated heterocycles. The summed E-state index contributed by atoms with van der Waals surface area (Å²) in [4.78, 5) is 8.79. The van der Waals surface area contributed by atoms with Gasteiger partial charge in [0.15, 0.2) is 0 Å². The molecule has 1 heterocycles. The number of rotatable bonds is 2. The van der Waals surface area contributed by atoms with Gasteiger partial charge in [-0.15, -0.1) is 0 Å². The average Bonchev–Trinajstić information content (AvgIpc) is 1.99. The molecule has 1 aromatic rings. The molecule has 3 nitrogen and oxygen atoms in total. The van der Waals surface area contributed by atoms with E-state index in [-0.39, 0.29) is 11.5 Å². The smallest absolute Gasteiger partial charge is 0.130 e. The lowest BCUT2D eigenvalue weighted by Gasteiger charge is -2.26. The van der Waals surface area contributed by atoms with Gasteiger partial charge in [0.2, 0.25) is 0 Å². The molecular formula is C12H21N3. The molecule has 15 heavy (non-hydrogen) atoms. The van der Waals surface area contributed by atoms with Gasteiger partial charge in [0.25, 0.3) is 0 Å². The summed E-state index contributed by atoms with van der Waals surface area (Å²) in [5, 5.41) is 0. The van der Waals surface area contributed by atoms with Crippen molar-refractivity contribution in [2.75, 3.05) is 0 Å². The van der Waals surface area contributed by atoms with Crippen LogP contribution in [0.4, 0.5) is 0 Å². The van der Waals surface area contributed by atoms with Crippen LogP contribution in [0.15, 0.2) is 6.07 Å². The third-order valence-electron chi connectivity index (χ3n) is 2.54. The van der Waals surface area contributed by atoms with E-state index in [9.17, 15) is 0 Å². The lowest BCUT2D eigenvalue weighted by atomic mass is 9.85. The highest BCUT2D eigenvalue weighted by molar-refractivity contribution is 5.09. The molecule has 1 aromatic heterocycles. The number of hydrogen-bond acceptors (Lipinski definition) is 3. The van der Waals surface area contributed by atoms with Crippen molar-refractivity contribution in [2.24, 2.45) is 11.1 Å². The SMILES string of the molecule is Cc1cc(C)nc(CC(N)C(C)(C)C)n1. The van der Waals surface area contributed by atoms with Crippen molar-refractivity contribution >= 4 is 0 Å². The molecule has 0 aliphatic heterocycles. The van der Waals surface area contributed by atoms with Crippen LogP contribution in [0.2, 0.25) is 0 Å². The first kappa shape index (κ1) is 12.1. The first-order valence-corrected chi connectivity index (χ1v) is 5.36. The monoisotopic (exact) mass is 207 g/mol. The zero-order chi connectivity index (χ0) is 11.6. The fourth-order valence-corrected chi connectivity index (χ4v) is 1.39. The highest BCUT2D eigenvalue weighted by atomic mass is 14.9. The van der Waals surface area contributed by atoms with E-state index in [1.807, 2.05) is 19.9 Å². The van der Waals surface area contributed by atoms with Crippen LogP contribution in [0.25, 0.3) is 0 Å². The molecule has 0 fully saturated rings. The van der Waals surface area contributed by atoms with Crippen LogP contribution in [-0.4, -0.2) is 16.0 Å². The van der Waals surface area contributed by atoms with Gasteiger partial charge >= 0.3 is 0 Å². The van der Waals surface area contributed by atoms with E-state index in [4.69, 9.17) is 5.73 Å². The van der Waals surface area contributed by atoms with E-state index in [0.29, 0.717) is 0 Å². The summed E-state index contributed by atoms with van der Waals surface area (Å²) in [6.07, 6.45) is 0.742. The highest BCUT2D eigenvalue weighted by Crippen LogP contribution is 2.19. The lowest BCUT2D eigenvalue weighted by molar-refractivity contribution is 0.314. The van der Waals surface area contributed by atoms with Gasteiger partial charge in [-0.25, -0.2) is 9.97 Å². The Morgan fingerprint density at radius 3 is 2.07 bits per heavy atom. The summed E-state index contributed by atoms with van der Waals surface area (Å²) in [5.41, 5.74) is 8.23. The van der Waals surface area contributed by atoms with Gasteiger partial charge in [0.1, 0.15) is 5.82 Å². The Morgan fingerprint density at radius 2 is 1.67 bits per heavy atom. The van der Waals surface area contributed by atoms with Gasteiger partial charge in [0, 0.05) is 23.9 Å². The Balaban J connectivity index is 2.81. The van der Waals surface area contributed by atoms with E-state index < -0.39 is 0 Å². The number of hydrogen-bond donors (Lipinski definition) is 1. The zero-order valence-electron chi connectivity index (χ0n) is 10.3. The highest BCUT2D eigenvalue weighted by Gasteiger charge is 2.21. The molecule has 84 valence electrons. The predicted molar refractivity (Wildman–Crippen MR) is 62.6 cm³/mol. The summed E-state index contributed by atoms with van der Waals surface area (Å²) < 4.78 is 0. The Hall–Kier alpha value is -0.960. The predicted octanol–water partition coefficient (Wildman–Crippen LogP) is 2.01. The Bertz CT molecular complexity index is 319. The maximum absolute atomic E-state index is 6.10. The van der Waals surface area contributed by atoms with Gasteiger partial charge < -0.3 is 5.73 Å². The molecule has 1 unspecified atom stereocenters. The molecule has 1 rings (SSSR count). The minimum absolute atomic E-state index is 0.0960. The van der Waals surface area contributed by atoms with E-state index in [0.717, 1.165) is 23.6 Å². The van der Waals surface area contributed by atoms with Gasteiger partial charge in [0.05, 0.1) is 0 Å². The van der Waals surface area contributed by atoms with Crippen molar-refractivity contribution < 1.29 is 0 Å². The van der Waals surface area contributed by atoms with Crippen molar-refractivity contribution in [1.82, 2.24) is 9.97 Å². The number of aromatic nitrogens is 2. The minimum Gasteiger partial charge on any atom is -0.327 e. The first-order chi connectivity index (χ1) is 6.79. The lowest BCUT2D eigenvalue weighted by Crippen LogP contribution is -2.37. The minimum atomic E-state index is 0.0960. The normalized spacial score (nSPS) is 14.0. The molecule has 0 spiro atoms. The molecule has 0 saturated carbocycles. The van der Waals surface area contributed by atoms with Crippen molar-refractivity contribution in [3.05, 3.63) is 23.3 Å². The van der Waals surface area contributed by atoms with Gasteiger partial charge in [-0.05, 0) is 25.3 Å². The fourth-order valence-electron chi connectivity index (χ4n) is 1.39. The van der Waals surface area contributed by atoms with Crippen molar-refractivity contribution in [1.29, 1.82) is 0 Å². The van der Waals surface area contributed by atoms with E-state index in [1.54, 1.807) is 0 Å². The number of nitrogens with zero attached hydrogens (tertiary/aromatic N) is 2. The van der Waals surface area contributed by atoms with Crippen LogP contribution in [0.3, 0.4) is 0 Å². The van der Waals surface area contributed by atoms with E-state index in [2.05, 4.69) is 30.7 Å². The van der Waals surface area contributed by atoms with Crippen LogP contribution in [0, 0.1) is 19.3 Å². The topological polar surface area (TPSA) is 51.8 Å². The van der Waals surface area contributed by atoms with Gasteiger partial charge in [-0.3, -0.25) is 0 Å². The third kappa shape index (κ3) is 3.59. The summed E-state index contributed by atoms with van der Waals surface area (Å²) in [6, 6.07) is 2.07. The quantitative estimate of drug-likeness (QED) is 0.807. The van der Waals surface area contributed by atoms with Crippen LogP contribution < -0.4 is 5.73 Å². The third-order valence-corrected chi connectivity index (χ3v) is 2.54. The summed E-state index contributed by atoms with van der Waals surface area (Å²) >= 11 is 0. The van der Waals surface area contributed by atoms with Crippen molar-refractivity contribution in [3.63, 3.8) is 0 Å². The second-order valence-corrected chi connectivity index (χ2v) is 5.24. The van der Waals surface area contributed by atoms with Gasteiger partial charge in [-0.1, -0.05) is 20.8 Å². The molecule has 0 aromatic carbocycles. The largest absolute Gasteiger partial charge is 0.327 e. The molecule has 0 amide bonds. The summed E-state index contributed by atoms with van der Waals surface area (Å²) in [5.74, 6) is 0.856. The first-order valence-electron chi connectivity index (χ1n) is 5.36.